The summed E-state index contributed by atoms with van der Waals surface area (Å²) in [6.07, 6.45) is -1.52. The Hall–Kier alpha value is -1.17. The number of aliphatic hydroxyl groups is 1. The summed E-state index contributed by atoms with van der Waals surface area (Å²) in [5, 5.41) is 8.33. The predicted octanol–water partition coefficient (Wildman–Crippen LogP) is 0.203. The monoisotopic (exact) mass is 222 g/mol. The highest BCUT2D eigenvalue weighted by Crippen LogP contribution is 2.04. The van der Waals surface area contributed by atoms with Gasteiger partial charge in [-0.1, -0.05) is 0 Å². The van der Waals surface area contributed by atoms with Crippen LogP contribution >= 0.6 is 0 Å². The SMILES string of the molecule is CC(=O)OCC(F)CCC(=O)OCCO. The van der Waals surface area contributed by atoms with Crippen molar-refractivity contribution in [2.75, 3.05) is 19.8 Å². The van der Waals surface area contributed by atoms with E-state index in [0.717, 1.165) is 0 Å². The molecule has 0 spiro atoms. The molecule has 0 aromatic rings. The Labute approximate surface area is 87.2 Å². The van der Waals surface area contributed by atoms with E-state index in [-0.39, 0.29) is 32.7 Å². The lowest BCUT2D eigenvalue weighted by molar-refractivity contribution is -0.145. The lowest BCUT2D eigenvalue weighted by Crippen LogP contribution is -2.16. The van der Waals surface area contributed by atoms with Crippen LogP contribution in [0, 0.1) is 0 Å². The van der Waals surface area contributed by atoms with Gasteiger partial charge < -0.3 is 14.6 Å². The molecule has 6 heteroatoms. The lowest BCUT2D eigenvalue weighted by atomic mass is 10.2. The van der Waals surface area contributed by atoms with E-state index in [1.54, 1.807) is 0 Å². The summed E-state index contributed by atoms with van der Waals surface area (Å²) in [4.78, 5) is 21.2. The molecule has 0 aromatic carbocycles. The normalized spacial score (nSPS) is 11.9. The zero-order valence-electron chi connectivity index (χ0n) is 8.57. The first-order valence-corrected chi connectivity index (χ1v) is 4.60. The van der Waals surface area contributed by atoms with Gasteiger partial charge in [0, 0.05) is 13.3 Å². The Morgan fingerprint density at radius 1 is 1.40 bits per heavy atom. The third kappa shape index (κ3) is 9.14. The Kier molecular flexibility index (Phi) is 7.53. The molecule has 0 fully saturated rings. The number of esters is 2. The fourth-order valence-electron chi connectivity index (χ4n) is 0.797. The number of ether oxygens (including phenoxy) is 2. The van der Waals surface area contributed by atoms with Gasteiger partial charge in [-0.15, -0.1) is 0 Å². The number of hydrogen-bond donors (Lipinski definition) is 1. The van der Waals surface area contributed by atoms with Crippen molar-refractivity contribution in [2.24, 2.45) is 0 Å². The van der Waals surface area contributed by atoms with Crippen molar-refractivity contribution >= 4 is 11.9 Å². The van der Waals surface area contributed by atoms with Crippen LogP contribution in [0.1, 0.15) is 19.8 Å². The molecule has 0 radical (unpaired) electrons. The molecule has 0 saturated heterocycles. The molecular weight excluding hydrogens is 207 g/mol. The summed E-state index contributed by atoms with van der Waals surface area (Å²) < 4.78 is 21.8. The first-order chi connectivity index (χ1) is 7.06. The van der Waals surface area contributed by atoms with Crippen molar-refractivity contribution in [2.45, 2.75) is 25.9 Å². The summed E-state index contributed by atoms with van der Waals surface area (Å²) >= 11 is 0. The van der Waals surface area contributed by atoms with Crippen LogP contribution in [-0.2, 0) is 19.1 Å². The summed E-state index contributed by atoms with van der Waals surface area (Å²) in [5.74, 6) is -1.13. The van der Waals surface area contributed by atoms with E-state index in [9.17, 15) is 14.0 Å². The molecule has 0 aromatic heterocycles. The van der Waals surface area contributed by atoms with Crippen LogP contribution in [0.2, 0.25) is 0 Å². The first-order valence-electron chi connectivity index (χ1n) is 4.60. The average Bonchev–Trinajstić information content (AvgIpc) is 2.20. The van der Waals surface area contributed by atoms with Crippen LogP contribution < -0.4 is 0 Å². The number of halogens is 1. The summed E-state index contributed by atoms with van der Waals surface area (Å²) in [7, 11) is 0. The highest BCUT2D eigenvalue weighted by molar-refractivity contribution is 5.69. The van der Waals surface area contributed by atoms with Gasteiger partial charge in [-0.05, 0) is 6.42 Å². The second-order valence-electron chi connectivity index (χ2n) is 2.88. The van der Waals surface area contributed by atoms with Crippen LogP contribution in [0.4, 0.5) is 4.39 Å². The van der Waals surface area contributed by atoms with Gasteiger partial charge in [0.15, 0.2) is 0 Å². The van der Waals surface area contributed by atoms with Gasteiger partial charge in [0.2, 0.25) is 0 Å². The van der Waals surface area contributed by atoms with Crippen molar-refractivity contribution in [3.8, 4) is 0 Å². The van der Waals surface area contributed by atoms with Gasteiger partial charge in [0.25, 0.3) is 0 Å². The minimum atomic E-state index is -1.37. The molecule has 0 rings (SSSR count). The molecule has 0 saturated carbocycles. The van der Waals surface area contributed by atoms with Gasteiger partial charge in [-0.25, -0.2) is 4.39 Å². The maximum atomic E-state index is 12.9. The van der Waals surface area contributed by atoms with E-state index in [4.69, 9.17) is 5.11 Å². The Morgan fingerprint density at radius 2 is 2.07 bits per heavy atom. The maximum absolute atomic E-state index is 12.9. The third-order valence-corrected chi connectivity index (χ3v) is 1.48. The number of rotatable bonds is 7. The van der Waals surface area contributed by atoms with E-state index < -0.39 is 18.1 Å². The number of carbonyl (C=O) groups is 2. The zero-order valence-corrected chi connectivity index (χ0v) is 8.57. The second-order valence-corrected chi connectivity index (χ2v) is 2.88. The van der Waals surface area contributed by atoms with Crippen molar-refractivity contribution in [1.29, 1.82) is 0 Å². The third-order valence-electron chi connectivity index (χ3n) is 1.48. The Morgan fingerprint density at radius 3 is 2.60 bits per heavy atom. The van der Waals surface area contributed by atoms with Gasteiger partial charge in [0.05, 0.1) is 6.61 Å². The molecule has 1 unspecified atom stereocenters. The number of hydrogen-bond acceptors (Lipinski definition) is 5. The highest BCUT2D eigenvalue weighted by atomic mass is 19.1. The standard InChI is InChI=1S/C9H15FO5/c1-7(12)15-6-8(10)2-3-9(13)14-5-4-11/h8,11H,2-6H2,1H3. The molecule has 5 nitrogen and oxygen atoms in total. The van der Waals surface area contributed by atoms with Crippen LogP contribution in [-0.4, -0.2) is 43.0 Å². The van der Waals surface area contributed by atoms with Crippen LogP contribution in [0.5, 0.6) is 0 Å². The average molecular weight is 222 g/mol. The van der Waals surface area contributed by atoms with Gasteiger partial charge in [0.1, 0.15) is 19.4 Å². The Bertz CT molecular complexity index is 207. The van der Waals surface area contributed by atoms with Crippen LogP contribution in [0.3, 0.4) is 0 Å². The first kappa shape index (κ1) is 13.8. The molecule has 1 N–H and O–H groups in total. The minimum absolute atomic E-state index is 0.0580. The van der Waals surface area contributed by atoms with Crippen molar-refractivity contribution in [3.63, 3.8) is 0 Å². The quantitative estimate of drug-likeness (QED) is 0.623. The lowest BCUT2D eigenvalue weighted by Gasteiger charge is -2.07. The second kappa shape index (κ2) is 8.16. The largest absolute Gasteiger partial charge is 0.463 e. The minimum Gasteiger partial charge on any atom is -0.463 e. The molecular formula is C9H15FO5. The van der Waals surface area contributed by atoms with Crippen LogP contribution in [0.15, 0.2) is 0 Å². The number of carbonyl (C=O) groups excluding carboxylic acids is 2. The predicted molar refractivity (Wildman–Crippen MR) is 48.8 cm³/mol. The molecule has 0 aliphatic carbocycles. The van der Waals surface area contributed by atoms with Gasteiger partial charge in [-0.2, -0.15) is 0 Å². The summed E-state index contributed by atoms with van der Waals surface area (Å²) in [5.41, 5.74) is 0. The summed E-state index contributed by atoms with van der Waals surface area (Å²) in [6, 6.07) is 0. The molecule has 1 atom stereocenters. The van der Waals surface area contributed by atoms with Crippen LogP contribution in [0.25, 0.3) is 0 Å². The van der Waals surface area contributed by atoms with E-state index in [0.29, 0.717) is 0 Å². The van der Waals surface area contributed by atoms with Crippen molar-refractivity contribution in [3.05, 3.63) is 0 Å². The molecule has 0 aliphatic heterocycles. The Balaban J connectivity index is 3.48. The van der Waals surface area contributed by atoms with Gasteiger partial charge >= 0.3 is 11.9 Å². The number of aliphatic hydroxyl groups excluding tert-OH is 1. The molecule has 0 bridgehead atoms. The van der Waals surface area contributed by atoms with E-state index >= 15 is 0 Å². The fraction of sp³-hybridized carbons (Fsp3) is 0.778. The molecule has 88 valence electrons. The summed E-state index contributed by atoms with van der Waals surface area (Å²) in [6.45, 7) is 0.503. The molecule has 0 aliphatic rings. The topological polar surface area (TPSA) is 72.8 Å². The smallest absolute Gasteiger partial charge is 0.305 e. The van der Waals surface area contributed by atoms with E-state index in [1.165, 1.54) is 6.92 Å². The zero-order chi connectivity index (χ0) is 11.7. The van der Waals surface area contributed by atoms with Crippen molar-refractivity contribution in [1.82, 2.24) is 0 Å². The fourth-order valence-corrected chi connectivity index (χ4v) is 0.797. The number of alkyl halides is 1. The molecule has 0 amide bonds. The maximum Gasteiger partial charge on any atom is 0.305 e. The van der Waals surface area contributed by atoms with E-state index in [1.807, 2.05) is 0 Å². The van der Waals surface area contributed by atoms with Gasteiger partial charge in [-0.3, -0.25) is 9.59 Å². The molecule has 15 heavy (non-hydrogen) atoms. The molecule has 0 heterocycles. The van der Waals surface area contributed by atoms with E-state index in [2.05, 4.69) is 9.47 Å². The highest BCUT2D eigenvalue weighted by Gasteiger charge is 2.12. The van der Waals surface area contributed by atoms with Crippen molar-refractivity contribution < 1.29 is 28.6 Å².